The third-order valence-corrected chi connectivity index (χ3v) is 2.53. The molecule has 1 heterocycles. The molecule has 0 saturated carbocycles. The van der Waals surface area contributed by atoms with E-state index < -0.39 is 0 Å². The Bertz CT molecular complexity index is 617. The lowest BCUT2D eigenvalue weighted by atomic mass is 10.3. The first-order chi connectivity index (χ1) is 10.2. The first-order valence-corrected chi connectivity index (χ1v) is 6.33. The zero-order valence-corrected chi connectivity index (χ0v) is 11.6. The molecule has 0 aliphatic heterocycles. The van der Waals surface area contributed by atoms with Gasteiger partial charge >= 0.3 is 6.01 Å². The molecule has 110 valence electrons. The normalized spacial score (nSPS) is 11.2. The second-order valence-corrected chi connectivity index (χ2v) is 4.17. The predicted octanol–water partition coefficient (Wildman–Crippen LogP) is 1.34. The van der Waals surface area contributed by atoms with Crippen LogP contribution < -0.4 is 15.2 Å². The summed E-state index contributed by atoms with van der Waals surface area (Å²) in [5.41, 5.74) is 6.46. The van der Waals surface area contributed by atoms with E-state index in [4.69, 9.17) is 20.4 Å². The van der Waals surface area contributed by atoms with E-state index in [1.54, 1.807) is 13.0 Å². The minimum Gasteiger partial charge on any atom is -0.490 e. The largest absolute Gasteiger partial charge is 0.490 e. The van der Waals surface area contributed by atoms with Gasteiger partial charge in [0, 0.05) is 5.69 Å². The molecule has 7 heteroatoms. The van der Waals surface area contributed by atoms with Crippen molar-refractivity contribution in [2.24, 2.45) is 10.9 Å². The fraction of sp³-hybridized carbons (Fsp3) is 0.214. The Labute approximate surface area is 122 Å². The number of amidine groups is 1. The van der Waals surface area contributed by atoms with Crippen LogP contribution in [0.1, 0.15) is 11.4 Å². The van der Waals surface area contributed by atoms with Crippen molar-refractivity contribution in [2.45, 2.75) is 6.92 Å². The van der Waals surface area contributed by atoms with E-state index in [9.17, 15) is 0 Å². The van der Waals surface area contributed by atoms with Crippen molar-refractivity contribution in [1.82, 2.24) is 9.97 Å². The summed E-state index contributed by atoms with van der Waals surface area (Å²) in [5.74, 6) is 0.675. The standard InChI is InChI=1S/C14H16N4O3/c1-10-9-12(13(15)18-19)17-14(16-10)21-8-7-20-11-5-3-2-4-6-11/h2-6,9,19H,7-8H2,1H3,(H2,15,18). The fourth-order valence-corrected chi connectivity index (χ4v) is 1.60. The minimum absolute atomic E-state index is 0.0918. The Balaban J connectivity index is 1.90. The topological polar surface area (TPSA) is 103 Å². The van der Waals surface area contributed by atoms with Crippen molar-refractivity contribution >= 4 is 5.84 Å². The van der Waals surface area contributed by atoms with Gasteiger partial charge in [0.1, 0.15) is 24.7 Å². The van der Waals surface area contributed by atoms with E-state index >= 15 is 0 Å². The van der Waals surface area contributed by atoms with Crippen molar-refractivity contribution < 1.29 is 14.7 Å². The summed E-state index contributed by atoms with van der Waals surface area (Å²) in [5, 5.41) is 11.6. The number of hydrogen-bond acceptors (Lipinski definition) is 6. The van der Waals surface area contributed by atoms with Gasteiger partial charge in [0.25, 0.3) is 0 Å². The minimum atomic E-state index is -0.0918. The molecule has 0 unspecified atom stereocenters. The van der Waals surface area contributed by atoms with Crippen molar-refractivity contribution in [3.05, 3.63) is 47.8 Å². The van der Waals surface area contributed by atoms with Crippen molar-refractivity contribution in [3.8, 4) is 11.8 Å². The molecule has 0 aliphatic rings. The summed E-state index contributed by atoms with van der Waals surface area (Å²) < 4.78 is 10.9. The summed E-state index contributed by atoms with van der Waals surface area (Å²) in [6.45, 7) is 2.41. The summed E-state index contributed by atoms with van der Waals surface area (Å²) in [4.78, 5) is 8.16. The van der Waals surface area contributed by atoms with Gasteiger partial charge in [-0.1, -0.05) is 23.4 Å². The lowest BCUT2D eigenvalue weighted by molar-refractivity contribution is 0.205. The maximum absolute atomic E-state index is 8.65. The van der Waals surface area contributed by atoms with E-state index in [0.717, 1.165) is 5.75 Å². The van der Waals surface area contributed by atoms with Gasteiger partial charge in [0.05, 0.1) is 0 Å². The first-order valence-electron chi connectivity index (χ1n) is 6.33. The average molecular weight is 288 g/mol. The van der Waals surface area contributed by atoms with Gasteiger partial charge in [-0.2, -0.15) is 4.98 Å². The molecule has 0 radical (unpaired) electrons. The van der Waals surface area contributed by atoms with E-state index in [1.807, 2.05) is 30.3 Å². The maximum Gasteiger partial charge on any atom is 0.317 e. The van der Waals surface area contributed by atoms with Crippen LogP contribution in [0.15, 0.2) is 41.6 Å². The Kier molecular flexibility index (Phi) is 4.92. The molecule has 0 amide bonds. The highest BCUT2D eigenvalue weighted by atomic mass is 16.5. The summed E-state index contributed by atoms with van der Waals surface area (Å²) in [6, 6.07) is 11.2. The monoisotopic (exact) mass is 288 g/mol. The fourth-order valence-electron chi connectivity index (χ4n) is 1.60. The van der Waals surface area contributed by atoms with Crippen LogP contribution in [0.3, 0.4) is 0 Å². The van der Waals surface area contributed by atoms with Crippen molar-refractivity contribution in [2.75, 3.05) is 13.2 Å². The third-order valence-electron chi connectivity index (χ3n) is 2.53. The zero-order valence-electron chi connectivity index (χ0n) is 11.6. The van der Waals surface area contributed by atoms with Gasteiger partial charge in [0.15, 0.2) is 5.84 Å². The highest BCUT2D eigenvalue weighted by Gasteiger charge is 2.07. The molecule has 0 spiro atoms. The molecule has 1 aromatic carbocycles. The highest BCUT2D eigenvalue weighted by molar-refractivity contribution is 5.95. The summed E-state index contributed by atoms with van der Waals surface area (Å²) in [7, 11) is 0. The molecular weight excluding hydrogens is 272 g/mol. The number of hydrogen-bond donors (Lipinski definition) is 2. The molecule has 0 saturated heterocycles. The van der Waals surface area contributed by atoms with Crippen LogP contribution in [-0.2, 0) is 0 Å². The maximum atomic E-state index is 8.65. The average Bonchev–Trinajstić information content (AvgIpc) is 2.51. The van der Waals surface area contributed by atoms with E-state index in [2.05, 4.69) is 15.1 Å². The Morgan fingerprint density at radius 1 is 1.19 bits per heavy atom. The van der Waals surface area contributed by atoms with Crippen molar-refractivity contribution in [1.29, 1.82) is 0 Å². The SMILES string of the molecule is Cc1cc(/C(N)=N/O)nc(OCCOc2ccccc2)n1. The molecule has 0 atom stereocenters. The predicted molar refractivity (Wildman–Crippen MR) is 76.7 cm³/mol. The molecule has 2 aromatic rings. The van der Waals surface area contributed by atoms with Crippen molar-refractivity contribution in [3.63, 3.8) is 0 Å². The van der Waals surface area contributed by atoms with Gasteiger partial charge in [-0.15, -0.1) is 0 Å². The molecule has 21 heavy (non-hydrogen) atoms. The molecule has 0 fully saturated rings. The van der Waals surface area contributed by atoms with Crippen LogP contribution in [0.4, 0.5) is 0 Å². The molecule has 0 aliphatic carbocycles. The molecular formula is C14H16N4O3. The number of oxime groups is 1. The van der Waals surface area contributed by atoms with Crippen LogP contribution in [0.25, 0.3) is 0 Å². The van der Waals surface area contributed by atoms with E-state index in [1.165, 1.54) is 0 Å². The number of nitrogens with zero attached hydrogens (tertiary/aromatic N) is 3. The number of nitrogens with two attached hydrogens (primary N) is 1. The third kappa shape index (κ3) is 4.34. The number of benzene rings is 1. The van der Waals surface area contributed by atoms with Gasteiger partial charge < -0.3 is 20.4 Å². The smallest absolute Gasteiger partial charge is 0.317 e. The number of aryl methyl sites for hydroxylation is 1. The molecule has 7 nitrogen and oxygen atoms in total. The molecule has 1 aromatic heterocycles. The second kappa shape index (κ2) is 7.09. The quantitative estimate of drug-likeness (QED) is 0.273. The lowest BCUT2D eigenvalue weighted by Crippen LogP contribution is -2.17. The van der Waals surface area contributed by atoms with E-state index in [0.29, 0.717) is 18.0 Å². The van der Waals surface area contributed by atoms with Crippen LogP contribution in [-0.4, -0.2) is 34.2 Å². The summed E-state index contributed by atoms with van der Waals surface area (Å²) in [6.07, 6.45) is 0. The number of rotatable bonds is 6. The lowest BCUT2D eigenvalue weighted by Gasteiger charge is -2.08. The Morgan fingerprint density at radius 2 is 1.90 bits per heavy atom. The second-order valence-electron chi connectivity index (χ2n) is 4.17. The number of aromatic nitrogens is 2. The number of ether oxygens (including phenoxy) is 2. The van der Waals surface area contributed by atoms with Gasteiger partial charge in [-0.05, 0) is 25.1 Å². The van der Waals surface area contributed by atoms with Crippen LogP contribution in [0.5, 0.6) is 11.8 Å². The van der Waals surface area contributed by atoms with E-state index in [-0.39, 0.29) is 18.5 Å². The van der Waals surface area contributed by atoms with Gasteiger partial charge in [-0.25, -0.2) is 4.98 Å². The zero-order chi connectivity index (χ0) is 15.1. The Hall–Kier alpha value is -2.83. The molecule has 2 rings (SSSR count). The van der Waals surface area contributed by atoms with Gasteiger partial charge in [-0.3, -0.25) is 0 Å². The molecule has 0 bridgehead atoms. The van der Waals surface area contributed by atoms with Gasteiger partial charge in [0.2, 0.25) is 0 Å². The first kappa shape index (κ1) is 14.6. The summed E-state index contributed by atoms with van der Waals surface area (Å²) >= 11 is 0. The molecule has 3 N–H and O–H groups in total. The Morgan fingerprint density at radius 3 is 2.62 bits per heavy atom. The van der Waals surface area contributed by atoms with Crippen LogP contribution in [0, 0.1) is 6.92 Å². The highest BCUT2D eigenvalue weighted by Crippen LogP contribution is 2.09. The van der Waals surface area contributed by atoms with Crippen LogP contribution >= 0.6 is 0 Å². The number of para-hydroxylation sites is 1. The van der Waals surface area contributed by atoms with Crippen LogP contribution in [0.2, 0.25) is 0 Å².